The minimum Gasteiger partial charge on any atom is -0.453 e. The zero-order valence-corrected chi connectivity index (χ0v) is 18.7. The molecule has 2 bridgehead atoms. The lowest BCUT2D eigenvalue weighted by Gasteiger charge is -2.49. The van der Waals surface area contributed by atoms with Crippen LogP contribution in [0.5, 0.6) is 0 Å². The number of hydrogen-bond donors (Lipinski definition) is 0. The molecule has 2 rings (SSSR count). The second-order valence-corrected chi connectivity index (χ2v) is 14.3. The molecular formula is C20H37NO4Si. The third-order valence-corrected chi connectivity index (χ3v) is 11.5. The molecule has 2 saturated heterocycles. The van der Waals surface area contributed by atoms with Crippen molar-refractivity contribution in [2.75, 3.05) is 13.7 Å². The van der Waals surface area contributed by atoms with Gasteiger partial charge < -0.3 is 9.16 Å². The normalized spacial score (nSPS) is 29.2. The largest absolute Gasteiger partial charge is 0.453 e. The molecule has 1 amide bonds. The van der Waals surface area contributed by atoms with Gasteiger partial charge in [-0.15, -0.1) is 0 Å². The van der Waals surface area contributed by atoms with E-state index in [1.54, 1.807) is 0 Å². The number of piperidine rings is 1. The molecule has 5 nitrogen and oxygen atoms in total. The smallest absolute Gasteiger partial charge is 0.410 e. The fourth-order valence-corrected chi connectivity index (χ4v) is 5.34. The topological polar surface area (TPSA) is 55.8 Å². The first kappa shape index (κ1) is 21.4. The van der Waals surface area contributed by atoms with Crippen LogP contribution >= 0.6 is 0 Å². The first-order chi connectivity index (χ1) is 12.0. The Balaban J connectivity index is 2.32. The molecule has 6 heteroatoms. The van der Waals surface area contributed by atoms with Crippen molar-refractivity contribution in [3.63, 3.8) is 0 Å². The summed E-state index contributed by atoms with van der Waals surface area (Å²) in [7, 11) is -0.518. The number of Topliss-reactive ketones (excluding diaryl/α,β-unsaturated/α-hetero) is 1. The molecule has 2 aliphatic rings. The third-order valence-electron chi connectivity index (χ3n) is 6.98. The van der Waals surface area contributed by atoms with E-state index in [0.717, 1.165) is 32.1 Å². The number of ether oxygens (including phenoxy) is 1. The minimum absolute atomic E-state index is 0.00377. The number of nitrogens with zero attached hydrogens (tertiary/aromatic N) is 1. The molecule has 0 spiro atoms. The number of hydrogen-bond acceptors (Lipinski definition) is 4. The molecule has 0 aromatic carbocycles. The van der Waals surface area contributed by atoms with Crippen LogP contribution in [0.1, 0.15) is 66.2 Å². The average Bonchev–Trinajstić information content (AvgIpc) is 2.83. The van der Waals surface area contributed by atoms with Gasteiger partial charge in [0.05, 0.1) is 18.6 Å². The van der Waals surface area contributed by atoms with Crippen LogP contribution in [-0.4, -0.2) is 50.4 Å². The Morgan fingerprint density at radius 2 is 2.00 bits per heavy atom. The number of carbonyl (C=O) groups excluding carboxylic acids is 2. The Morgan fingerprint density at radius 1 is 1.35 bits per heavy atom. The number of carbonyl (C=O) groups is 2. The number of amides is 1. The quantitative estimate of drug-likeness (QED) is 0.621. The molecular weight excluding hydrogens is 346 g/mol. The van der Waals surface area contributed by atoms with E-state index in [2.05, 4.69) is 40.8 Å². The fourth-order valence-electron chi connectivity index (χ4n) is 4.33. The molecule has 0 N–H and O–H groups in total. The maximum absolute atomic E-state index is 13.0. The van der Waals surface area contributed by atoms with Gasteiger partial charge in [-0.3, -0.25) is 9.69 Å². The van der Waals surface area contributed by atoms with Gasteiger partial charge in [-0.1, -0.05) is 40.5 Å². The van der Waals surface area contributed by atoms with Crippen LogP contribution in [0.3, 0.4) is 0 Å². The van der Waals surface area contributed by atoms with Crippen molar-refractivity contribution in [2.45, 2.75) is 95.9 Å². The Morgan fingerprint density at radius 3 is 2.54 bits per heavy atom. The lowest BCUT2D eigenvalue weighted by Crippen LogP contribution is -2.62. The average molecular weight is 384 g/mol. The molecule has 26 heavy (non-hydrogen) atoms. The van der Waals surface area contributed by atoms with Crippen LogP contribution < -0.4 is 0 Å². The molecule has 3 atom stereocenters. The van der Waals surface area contributed by atoms with Crippen molar-refractivity contribution in [2.24, 2.45) is 5.92 Å². The van der Waals surface area contributed by atoms with Crippen molar-refractivity contribution < 1.29 is 18.8 Å². The summed E-state index contributed by atoms with van der Waals surface area (Å²) in [6, 6.07) is -0.00377. The highest BCUT2D eigenvalue weighted by Gasteiger charge is 2.59. The Labute approximate surface area is 159 Å². The van der Waals surface area contributed by atoms with Gasteiger partial charge >= 0.3 is 6.09 Å². The van der Waals surface area contributed by atoms with Crippen LogP contribution in [0, 0.1) is 5.92 Å². The first-order valence-electron chi connectivity index (χ1n) is 10.0. The maximum atomic E-state index is 13.0. The lowest BCUT2D eigenvalue weighted by molar-refractivity contribution is -0.135. The highest BCUT2D eigenvalue weighted by Crippen LogP contribution is 2.50. The summed E-state index contributed by atoms with van der Waals surface area (Å²) in [5.74, 6) is 0.0310. The first-order valence-corrected chi connectivity index (χ1v) is 12.9. The van der Waals surface area contributed by atoms with E-state index in [1.165, 1.54) is 7.11 Å². The van der Waals surface area contributed by atoms with E-state index in [0.29, 0.717) is 13.0 Å². The Kier molecular flexibility index (Phi) is 6.28. The van der Waals surface area contributed by atoms with Crippen LogP contribution in [-0.2, 0) is 14.0 Å². The summed E-state index contributed by atoms with van der Waals surface area (Å²) in [5, 5.41) is 0.0988. The van der Waals surface area contributed by atoms with Gasteiger partial charge in [-0.25, -0.2) is 4.79 Å². The Hall–Kier alpha value is -0.883. The molecule has 2 fully saturated rings. The second kappa shape index (κ2) is 7.62. The Bertz CT molecular complexity index is 542. The molecule has 0 radical (unpaired) electrons. The molecule has 2 heterocycles. The summed E-state index contributed by atoms with van der Waals surface area (Å²) >= 11 is 0. The number of methoxy groups -OCH3 is 1. The van der Waals surface area contributed by atoms with E-state index in [4.69, 9.17) is 9.16 Å². The van der Waals surface area contributed by atoms with Gasteiger partial charge in [0.15, 0.2) is 8.32 Å². The third kappa shape index (κ3) is 3.72. The van der Waals surface area contributed by atoms with Gasteiger partial charge in [-0.05, 0) is 37.4 Å². The van der Waals surface area contributed by atoms with Crippen LogP contribution in [0.4, 0.5) is 4.79 Å². The van der Waals surface area contributed by atoms with Crippen LogP contribution in [0.25, 0.3) is 0 Å². The molecule has 0 unspecified atom stereocenters. The molecule has 0 saturated carbocycles. The SMILES string of the molecule is CCCC[C@@]12CC[C@@H](CC(=O)[C@@H]1CO[Si](C)(C)C(C)(C)C)N2C(=O)OC. The highest BCUT2D eigenvalue weighted by molar-refractivity contribution is 6.74. The standard InChI is InChI=1S/C20H37NO4Si/c1-8-9-11-20-12-10-15(21(20)18(23)24-5)13-17(22)16(20)14-25-26(6,7)19(2,3)4/h15-16H,8-14H2,1-7H3/t15-,16-,20+/m0/s1. The molecule has 150 valence electrons. The van der Waals surface area contributed by atoms with Gasteiger partial charge in [0, 0.05) is 19.1 Å². The van der Waals surface area contributed by atoms with Crippen molar-refractivity contribution in [1.29, 1.82) is 0 Å². The van der Waals surface area contributed by atoms with E-state index in [9.17, 15) is 9.59 Å². The predicted octanol–water partition coefficient (Wildman–Crippen LogP) is 4.76. The molecule has 0 aromatic heterocycles. The van der Waals surface area contributed by atoms with Gasteiger partial charge in [0.25, 0.3) is 0 Å². The summed E-state index contributed by atoms with van der Waals surface area (Å²) in [6.07, 6.45) is 4.83. The summed E-state index contributed by atoms with van der Waals surface area (Å²) in [5.41, 5.74) is -0.425. The van der Waals surface area contributed by atoms with Gasteiger partial charge in [0.2, 0.25) is 0 Å². The lowest BCUT2D eigenvalue weighted by atomic mass is 9.74. The zero-order chi connectivity index (χ0) is 19.8. The van der Waals surface area contributed by atoms with Gasteiger partial charge in [0.1, 0.15) is 5.78 Å². The van der Waals surface area contributed by atoms with E-state index >= 15 is 0 Å². The molecule has 0 aliphatic carbocycles. The fraction of sp³-hybridized carbons (Fsp3) is 0.900. The van der Waals surface area contributed by atoms with Crippen LogP contribution in [0.15, 0.2) is 0 Å². The number of ketones is 1. The second-order valence-electron chi connectivity index (χ2n) is 9.53. The minimum atomic E-state index is -1.96. The summed E-state index contributed by atoms with van der Waals surface area (Å²) in [6.45, 7) is 13.6. The van der Waals surface area contributed by atoms with E-state index in [-0.39, 0.29) is 28.9 Å². The van der Waals surface area contributed by atoms with E-state index in [1.807, 2.05) is 4.90 Å². The number of fused-ring (bicyclic) bond motifs is 2. The van der Waals surface area contributed by atoms with Crippen molar-refractivity contribution in [1.82, 2.24) is 4.90 Å². The van der Waals surface area contributed by atoms with Crippen molar-refractivity contribution in [3.05, 3.63) is 0 Å². The van der Waals surface area contributed by atoms with Crippen molar-refractivity contribution in [3.8, 4) is 0 Å². The predicted molar refractivity (Wildman–Crippen MR) is 106 cm³/mol. The number of unbranched alkanes of at least 4 members (excludes halogenated alkanes) is 1. The van der Waals surface area contributed by atoms with Crippen molar-refractivity contribution >= 4 is 20.2 Å². The van der Waals surface area contributed by atoms with Gasteiger partial charge in [-0.2, -0.15) is 0 Å². The summed E-state index contributed by atoms with van der Waals surface area (Å²) < 4.78 is 11.6. The zero-order valence-electron chi connectivity index (χ0n) is 17.7. The van der Waals surface area contributed by atoms with E-state index < -0.39 is 13.9 Å². The molecule has 2 aliphatic heterocycles. The monoisotopic (exact) mass is 383 g/mol. The summed E-state index contributed by atoms with van der Waals surface area (Å²) in [4.78, 5) is 27.5. The number of rotatable bonds is 6. The maximum Gasteiger partial charge on any atom is 0.410 e. The highest BCUT2D eigenvalue weighted by atomic mass is 28.4. The molecule has 0 aromatic rings. The van der Waals surface area contributed by atoms with Crippen LogP contribution in [0.2, 0.25) is 18.1 Å².